The lowest BCUT2D eigenvalue weighted by atomic mass is 10.0. The molecule has 1 aliphatic rings. The first-order valence-electron chi connectivity index (χ1n) is 9.91. The van der Waals surface area contributed by atoms with Crippen molar-refractivity contribution in [3.8, 4) is 21.8 Å². The molecule has 3 heterocycles. The van der Waals surface area contributed by atoms with Gasteiger partial charge in [0.15, 0.2) is 5.13 Å². The molecular formula is C21H25N5O2S. The molecule has 1 aliphatic carbocycles. The zero-order valence-electron chi connectivity index (χ0n) is 17.2. The molecule has 1 N–H and O–H groups in total. The summed E-state index contributed by atoms with van der Waals surface area (Å²) in [5, 5.41) is 8.31. The van der Waals surface area contributed by atoms with E-state index in [-0.39, 0.29) is 6.04 Å². The second-order valence-corrected chi connectivity index (χ2v) is 8.33. The zero-order valence-corrected chi connectivity index (χ0v) is 18.0. The van der Waals surface area contributed by atoms with Crippen LogP contribution in [0, 0.1) is 6.92 Å². The first-order valence-corrected chi connectivity index (χ1v) is 10.7. The number of nitrogens with one attached hydrogen (secondary N) is 1. The van der Waals surface area contributed by atoms with E-state index in [4.69, 9.17) is 9.84 Å². The summed E-state index contributed by atoms with van der Waals surface area (Å²) in [7, 11) is 1.35. The highest BCUT2D eigenvalue weighted by Crippen LogP contribution is 2.43. The van der Waals surface area contributed by atoms with Crippen LogP contribution in [0.15, 0.2) is 18.3 Å². The van der Waals surface area contributed by atoms with E-state index in [1.807, 2.05) is 19.2 Å². The Hall–Kier alpha value is -2.74. The van der Waals surface area contributed by atoms with Crippen molar-refractivity contribution in [2.75, 3.05) is 12.4 Å². The second kappa shape index (κ2) is 7.94. The number of hydrogen-bond donors (Lipinski definition) is 1. The summed E-state index contributed by atoms with van der Waals surface area (Å²) in [6, 6.07) is 4.37. The molecule has 1 atom stereocenters. The fourth-order valence-corrected chi connectivity index (χ4v) is 4.67. The van der Waals surface area contributed by atoms with Gasteiger partial charge in [-0.3, -0.25) is 15.0 Å². The van der Waals surface area contributed by atoms with Crippen LogP contribution in [-0.2, 0) is 17.6 Å². The van der Waals surface area contributed by atoms with Gasteiger partial charge in [-0.25, -0.2) is 9.78 Å². The maximum atomic E-state index is 11.7. The first kappa shape index (κ1) is 19.6. The van der Waals surface area contributed by atoms with Crippen LogP contribution in [0.2, 0.25) is 0 Å². The normalized spacial score (nSPS) is 13.9. The molecule has 4 rings (SSSR count). The van der Waals surface area contributed by atoms with Gasteiger partial charge in [0.25, 0.3) is 0 Å². The van der Waals surface area contributed by atoms with Gasteiger partial charge >= 0.3 is 6.09 Å². The molecule has 3 aromatic heterocycles. The minimum Gasteiger partial charge on any atom is -0.453 e. The standard InChI is InChI=1S/C21H25N5O2S/c1-5-13(3)26-18-15(17(25-26)14-10-9-12(2)22-11-14)7-6-8-16-19(18)29-20(23-16)24-21(27)28-4/h9-11,13H,5-8H2,1-4H3,(H,23,24,27). The molecule has 0 bridgehead atoms. The molecule has 0 aliphatic heterocycles. The fraction of sp³-hybridized carbons (Fsp3) is 0.429. The zero-order chi connectivity index (χ0) is 20.5. The van der Waals surface area contributed by atoms with E-state index in [1.165, 1.54) is 24.0 Å². The Morgan fingerprint density at radius 2 is 2.21 bits per heavy atom. The lowest BCUT2D eigenvalue weighted by molar-refractivity contribution is 0.187. The number of anilines is 1. The largest absolute Gasteiger partial charge is 0.453 e. The number of ether oxygens (including phenoxy) is 1. The lowest BCUT2D eigenvalue weighted by Gasteiger charge is -2.13. The first-order chi connectivity index (χ1) is 14.0. The molecule has 1 amide bonds. The molecule has 3 aromatic rings. The Balaban J connectivity index is 1.89. The third-order valence-electron chi connectivity index (χ3n) is 5.35. The molecule has 152 valence electrons. The summed E-state index contributed by atoms with van der Waals surface area (Å²) in [5.41, 5.74) is 6.40. The Bertz CT molecular complexity index is 1040. The molecule has 0 saturated carbocycles. The number of pyridine rings is 1. The third-order valence-corrected chi connectivity index (χ3v) is 6.37. The maximum absolute atomic E-state index is 11.7. The second-order valence-electron chi connectivity index (χ2n) is 7.33. The number of amides is 1. The van der Waals surface area contributed by atoms with Crippen molar-refractivity contribution in [2.24, 2.45) is 0 Å². The fourth-order valence-electron chi connectivity index (χ4n) is 3.61. The Kier molecular flexibility index (Phi) is 5.36. The average molecular weight is 412 g/mol. The monoisotopic (exact) mass is 411 g/mol. The van der Waals surface area contributed by atoms with Crippen molar-refractivity contribution < 1.29 is 9.53 Å². The third kappa shape index (κ3) is 3.64. The Morgan fingerprint density at radius 1 is 1.38 bits per heavy atom. The maximum Gasteiger partial charge on any atom is 0.413 e. The number of hydrogen-bond acceptors (Lipinski definition) is 6. The molecule has 29 heavy (non-hydrogen) atoms. The number of rotatable bonds is 4. The van der Waals surface area contributed by atoms with Gasteiger partial charge in [0, 0.05) is 29.1 Å². The van der Waals surface area contributed by atoms with Crippen LogP contribution in [0.4, 0.5) is 9.93 Å². The van der Waals surface area contributed by atoms with E-state index in [0.717, 1.165) is 58.9 Å². The number of aryl methyl sites for hydroxylation is 2. The summed E-state index contributed by atoms with van der Waals surface area (Å²) in [6.45, 7) is 6.34. The highest BCUT2D eigenvalue weighted by molar-refractivity contribution is 7.19. The SMILES string of the molecule is CCC(C)n1nc(-c2ccc(C)nc2)c2c1-c1sc(NC(=O)OC)nc1CCC2. The van der Waals surface area contributed by atoms with Crippen molar-refractivity contribution in [2.45, 2.75) is 52.5 Å². The van der Waals surface area contributed by atoms with Crippen LogP contribution in [0.1, 0.15) is 49.7 Å². The van der Waals surface area contributed by atoms with Crippen LogP contribution in [0.3, 0.4) is 0 Å². The molecule has 0 radical (unpaired) electrons. The topological polar surface area (TPSA) is 81.9 Å². The number of fused-ring (bicyclic) bond motifs is 3. The molecular weight excluding hydrogens is 386 g/mol. The van der Waals surface area contributed by atoms with Crippen LogP contribution < -0.4 is 5.32 Å². The minimum absolute atomic E-state index is 0.251. The van der Waals surface area contributed by atoms with Crippen LogP contribution in [0.25, 0.3) is 21.8 Å². The summed E-state index contributed by atoms with van der Waals surface area (Å²) < 4.78 is 6.86. The van der Waals surface area contributed by atoms with Gasteiger partial charge in [-0.2, -0.15) is 5.10 Å². The van der Waals surface area contributed by atoms with Crippen molar-refractivity contribution in [3.05, 3.63) is 35.3 Å². The molecule has 0 aromatic carbocycles. The summed E-state index contributed by atoms with van der Waals surface area (Å²) in [5.74, 6) is 0. The van der Waals surface area contributed by atoms with Gasteiger partial charge in [-0.05, 0) is 51.7 Å². The van der Waals surface area contributed by atoms with Crippen LogP contribution in [0.5, 0.6) is 0 Å². The predicted octanol–water partition coefficient (Wildman–Crippen LogP) is 5.02. The Morgan fingerprint density at radius 3 is 2.90 bits per heavy atom. The summed E-state index contributed by atoms with van der Waals surface area (Å²) in [4.78, 5) is 21.9. The quantitative estimate of drug-likeness (QED) is 0.652. The number of methoxy groups -OCH3 is 1. The summed E-state index contributed by atoms with van der Waals surface area (Å²) >= 11 is 1.49. The average Bonchev–Trinajstić information content (AvgIpc) is 3.24. The van der Waals surface area contributed by atoms with Gasteiger partial charge < -0.3 is 4.74 Å². The molecule has 7 nitrogen and oxygen atoms in total. The number of nitrogens with zero attached hydrogens (tertiary/aromatic N) is 4. The van der Waals surface area contributed by atoms with Crippen molar-refractivity contribution in [3.63, 3.8) is 0 Å². The van der Waals surface area contributed by atoms with Gasteiger partial charge in [-0.1, -0.05) is 18.3 Å². The van der Waals surface area contributed by atoms with E-state index in [1.54, 1.807) is 0 Å². The predicted molar refractivity (Wildman–Crippen MR) is 114 cm³/mol. The van der Waals surface area contributed by atoms with E-state index >= 15 is 0 Å². The molecule has 8 heteroatoms. The van der Waals surface area contributed by atoms with E-state index in [2.05, 4.69) is 39.9 Å². The molecule has 0 spiro atoms. The number of carbonyl (C=O) groups excluding carboxylic acids is 1. The van der Waals surface area contributed by atoms with Crippen LogP contribution in [-0.4, -0.2) is 33.0 Å². The highest BCUT2D eigenvalue weighted by atomic mass is 32.1. The van der Waals surface area contributed by atoms with E-state index in [9.17, 15) is 4.79 Å². The highest BCUT2D eigenvalue weighted by Gasteiger charge is 2.29. The summed E-state index contributed by atoms with van der Waals surface area (Å²) in [6.07, 6.45) is 5.17. The van der Waals surface area contributed by atoms with Gasteiger partial charge in [0.05, 0.1) is 29.1 Å². The van der Waals surface area contributed by atoms with Crippen molar-refractivity contribution in [1.82, 2.24) is 19.7 Å². The van der Waals surface area contributed by atoms with Crippen molar-refractivity contribution in [1.29, 1.82) is 0 Å². The smallest absolute Gasteiger partial charge is 0.413 e. The minimum atomic E-state index is -0.504. The van der Waals surface area contributed by atoms with Gasteiger partial charge in [0.1, 0.15) is 0 Å². The van der Waals surface area contributed by atoms with Crippen LogP contribution >= 0.6 is 11.3 Å². The number of thiazole rings is 1. The van der Waals surface area contributed by atoms with Crippen molar-refractivity contribution >= 4 is 22.6 Å². The molecule has 0 saturated heterocycles. The van der Waals surface area contributed by atoms with Gasteiger partial charge in [-0.15, -0.1) is 0 Å². The molecule has 1 unspecified atom stereocenters. The van der Waals surface area contributed by atoms with Gasteiger partial charge in [0.2, 0.25) is 0 Å². The number of carbonyl (C=O) groups is 1. The Labute approximate surface area is 174 Å². The van der Waals surface area contributed by atoms with E-state index in [0.29, 0.717) is 5.13 Å². The van der Waals surface area contributed by atoms with E-state index < -0.39 is 6.09 Å². The molecule has 0 fully saturated rings. The lowest BCUT2D eigenvalue weighted by Crippen LogP contribution is -2.10. The number of aromatic nitrogens is 4.